The lowest BCUT2D eigenvalue weighted by Crippen LogP contribution is -2.27. The van der Waals surface area contributed by atoms with Gasteiger partial charge in [0.2, 0.25) is 0 Å². The molecule has 1 unspecified atom stereocenters. The van der Waals surface area contributed by atoms with Crippen LogP contribution in [-0.4, -0.2) is 10.1 Å². The number of hydrogen-bond donors (Lipinski definition) is 1. The maximum atomic E-state index is 6.16. The van der Waals surface area contributed by atoms with Gasteiger partial charge in [-0.15, -0.1) is 0 Å². The predicted molar refractivity (Wildman–Crippen MR) is 84.8 cm³/mol. The molecule has 0 saturated heterocycles. The molecular formula is C17H25N3O. The molecule has 1 atom stereocenters. The lowest BCUT2D eigenvalue weighted by Gasteiger charge is -2.23. The third kappa shape index (κ3) is 3.50. The van der Waals surface area contributed by atoms with Gasteiger partial charge >= 0.3 is 0 Å². The van der Waals surface area contributed by atoms with Crippen molar-refractivity contribution in [2.75, 3.05) is 0 Å². The van der Waals surface area contributed by atoms with Gasteiger partial charge in [-0.3, -0.25) is 0 Å². The molecule has 0 saturated carbocycles. The van der Waals surface area contributed by atoms with E-state index in [9.17, 15) is 0 Å². The van der Waals surface area contributed by atoms with Crippen molar-refractivity contribution in [3.63, 3.8) is 0 Å². The Morgan fingerprint density at radius 2 is 1.57 bits per heavy atom. The highest BCUT2D eigenvalue weighted by Gasteiger charge is 2.27. The Bertz CT molecular complexity index is 600. The molecule has 2 N–H and O–H groups in total. The van der Waals surface area contributed by atoms with Crippen LogP contribution in [0.2, 0.25) is 0 Å². The van der Waals surface area contributed by atoms with E-state index >= 15 is 0 Å². The van der Waals surface area contributed by atoms with Crippen LogP contribution in [0.15, 0.2) is 28.8 Å². The fraction of sp³-hybridized carbons (Fsp3) is 0.529. The fourth-order valence-corrected chi connectivity index (χ4v) is 1.98. The van der Waals surface area contributed by atoms with Gasteiger partial charge in [0.15, 0.2) is 5.82 Å². The maximum Gasteiger partial charge on any atom is 0.257 e. The fourth-order valence-electron chi connectivity index (χ4n) is 1.98. The molecule has 0 spiro atoms. The molecule has 2 rings (SSSR count). The molecule has 2 aromatic rings. The maximum absolute atomic E-state index is 6.16. The van der Waals surface area contributed by atoms with Crippen LogP contribution in [0.5, 0.6) is 0 Å². The van der Waals surface area contributed by atoms with E-state index in [2.05, 4.69) is 63.8 Å². The molecule has 0 aliphatic heterocycles. The highest BCUT2D eigenvalue weighted by molar-refractivity contribution is 5.53. The van der Waals surface area contributed by atoms with Crippen LogP contribution in [0.1, 0.15) is 59.0 Å². The third-order valence-electron chi connectivity index (χ3n) is 3.65. The van der Waals surface area contributed by atoms with Gasteiger partial charge in [0.05, 0.1) is 6.04 Å². The molecule has 0 fully saturated rings. The van der Waals surface area contributed by atoms with Gasteiger partial charge in [0.1, 0.15) is 0 Å². The monoisotopic (exact) mass is 287 g/mol. The van der Waals surface area contributed by atoms with Gasteiger partial charge in [-0.25, -0.2) is 0 Å². The van der Waals surface area contributed by atoms with E-state index < -0.39 is 0 Å². The largest absolute Gasteiger partial charge is 0.334 e. The zero-order chi connectivity index (χ0) is 15.8. The van der Waals surface area contributed by atoms with Crippen molar-refractivity contribution < 1.29 is 4.52 Å². The molecule has 21 heavy (non-hydrogen) atoms. The first kappa shape index (κ1) is 15.7. The smallest absolute Gasteiger partial charge is 0.257 e. The summed E-state index contributed by atoms with van der Waals surface area (Å²) < 4.78 is 5.35. The van der Waals surface area contributed by atoms with E-state index in [4.69, 9.17) is 10.3 Å². The van der Waals surface area contributed by atoms with Crippen LogP contribution < -0.4 is 5.73 Å². The van der Waals surface area contributed by atoms with Gasteiger partial charge in [-0.1, -0.05) is 58.8 Å². The van der Waals surface area contributed by atoms with Crippen LogP contribution in [0, 0.1) is 5.41 Å². The summed E-state index contributed by atoms with van der Waals surface area (Å²) in [6, 6.07) is 7.98. The van der Waals surface area contributed by atoms with Crippen LogP contribution >= 0.6 is 0 Å². The van der Waals surface area contributed by atoms with Crippen LogP contribution in [0.25, 0.3) is 11.5 Å². The highest BCUT2D eigenvalue weighted by atomic mass is 16.5. The molecule has 0 amide bonds. The normalized spacial score (nSPS) is 14.2. The Hall–Kier alpha value is -1.68. The number of rotatable bonds is 2. The first-order valence-corrected chi connectivity index (χ1v) is 7.29. The summed E-state index contributed by atoms with van der Waals surface area (Å²) in [6.07, 6.45) is 0. The lowest BCUT2D eigenvalue weighted by atomic mass is 9.86. The molecule has 0 aliphatic rings. The van der Waals surface area contributed by atoms with Gasteiger partial charge in [0.25, 0.3) is 5.89 Å². The minimum absolute atomic E-state index is 0.1000. The van der Waals surface area contributed by atoms with E-state index in [1.165, 1.54) is 5.56 Å². The van der Waals surface area contributed by atoms with Crippen molar-refractivity contribution >= 4 is 0 Å². The van der Waals surface area contributed by atoms with Crippen molar-refractivity contribution in [1.82, 2.24) is 10.1 Å². The summed E-state index contributed by atoms with van der Waals surface area (Å²) in [6.45, 7) is 12.8. The summed E-state index contributed by atoms with van der Waals surface area (Å²) in [5.41, 5.74) is 8.39. The molecule has 0 radical (unpaired) electrons. The second-order valence-corrected chi connectivity index (χ2v) is 7.63. The van der Waals surface area contributed by atoms with Gasteiger partial charge in [-0.05, 0) is 28.5 Å². The van der Waals surface area contributed by atoms with Crippen molar-refractivity contribution in [2.24, 2.45) is 11.1 Å². The second kappa shape index (κ2) is 5.26. The highest BCUT2D eigenvalue weighted by Crippen LogP contribution is 2.30. The summed E-state index contributed by atoms with van der Waals surface area (Å²) >= 11 is 0. The van der Waals surface area contributed by atoms with E-state index in [-0.39, 0.29) is 16.9 Å². The zero-order valence-electron chi connectivity index (χ0n) is 13.8. The van der Waals surface area contributed by atoms with E-state index in [1.807, 2.05) is 12.1 Å². The topological polar surface area (TPSA) is 64.9 Å². The Kier molecular flexibility index (Phi) is 3.93. The third-order valence-corrected chi connectivity index (χ3v) is 3.65. The number of nitrogens with zero attached hydrogens (tertiary/aromatic N) is 2. The SMILES string of the molecule is CC(C)(C)c1ccc(-c2nc(C(N)C(C)(C)C)no2)cc1. The quantitative estimate of drug-likeness (QED) is 0.903. The summed E-state index contributed by atoms with van der Waals surface area (Å²) in [5.74, 6) is 1.07. The van der Waals surface area contributed by atoms with Crippen molar-refractivity contribution in [2.45, 2.75) is 53.0 Å². The van der Waals surface area contributed by atoms with Gasteiger partial charge in [-0.2, -0.15) is 4.98 Å². The molecule has 1 aromatic heterocycles. The number of benzene rings is 1. The van der Waals surface area contributed by atoms with Gasteiger partial charge < -0.3 is 10.3 Å². The lowest BCUT2D eigenvalue weighted by molar-refractivity contribution is 0.303. The molecule has 114 valence electrons. The van der Waals surface area contributed by atoms with E-state index in [0.29, 0.717) is 11.7 Å². The zero-order valence-corrected chi connectivity index (χ0v) is 13.8. The Morgan fingerprint density at radius 3 is 2.05 bits per heavy atom. The molecule has 1 aromatic carbocycles. The average molecular weight is 287 g/mol. The summed E-state index contributed by atoms with van der Waals surface area (Å²) in [7, 11) is 0. The van der Waals surface area contributed by atoms with Crippen molar-refractivity contribution in [3.8, 4) is 11.5 Å². The molecule has 0 aliphatic carbocycles. The molecule has 0 bridgehead atoms. The average Bonchev–Trinajstić information content (AvgIpc) is 2.85. The standard InChI is InChI=1S/C17H25N3O/c1-16(2,3)12-9-7-11(8-10-12)15-19-14(20-21-15)13(18)17(4,5)6/h7-10,13H,18H2,1-6H3. The number of nitrogens with two attached hydrogens (primary N) is 1. The van der Waals surface area contributed by atoms with Crippen molar-refractivity contribution in [3.05, 3.63) is 35.7 Å². The molecular weight excluding hydrogens is 262 g/mol. The Labute approximate surface area is 126 Å². The number of aromatic nitrogens is 2. The predicted octanol–water partition coefficient (Wildman–Crippen LogP) is 4.08. The van der Waals surface area contributed by atoms with Gasteiger partial charge in [0, 0.05) is 5.56 Å². The molecule has 4 heteroatoms. The number of hydrogen-bond acceptors (Lipinski definition) is 4. The molecule has 1 heterocycles. The second-order valence-electron chi connectivity index (χ2n) is 7.63. The molecule has 4 nitrogen and oxygen atoms in total. The Balaban J connectivity index is 2.26. The minimum Gasteiger partial charge on any atom is -0.334 e. The first-order chi connectivity index (χ1) is 9.59. The van der Waals surface area contributed by atoms with Crippen LogP contribution in [0.3, 0.4) is 0 Å². The first-order valence-electron chi connectivity index (χ1n) is 7.29. The Morgan fingerprint density at radius 1 is 1.00 bits per heavy atom. The van der Waals surface area contributed by atoms with Crippen LogP contribution in [0.4, 0.5) is 0 Å². The van der Waals surface area contributed by atoms with E-state index in [1.54, 1.807) is 0 Å². The summed E-state index contributed by atoms with van der Waals surface area (Å²) in [5, 5.41) is 4.02. The van der Waals surface area contributed by atoms with Crippen molar-refractivity contribution in [1.29, 1.82) is 0 Å². The van der Waals surface area contributed by atoms with Crippen LogP contribution in [-0.2, 0) is 5.41 Å². The summed E-state index contributed by atoms with van der Waals surface area (Å²) in [4.78, 5) is 4.44. The van der Waals surface area contributed by atoms with E-state index in [0.717, 1.165) is 5.56 Å². The minimum atomic E-state index is -0.246.